The van der Waals surface area contributed by atoms with Gasteiger partial charge in [-0.05, 0) is 57.2 Å². The Morgan fingerprint density at radius 3 is 2.69 bits per heavy atom. The lowest BCUT2D eigenvalue weighted by Crippen LogP contribution is -2.43. The molecule has 2 fully saturated rings. The molecule has 96 valence electrons. The van der Waals surface area contributed by atoms with Gasteiger partial charge in [0, 0.05) is 19.7 Å². The highest BCUT2D eigenvalue weighted by atomic mass is 35.5. The van der Waals surface area contributed by atoms with Crippen LogP contribution in [0.5, 0.6) is 0 Å². The molecule has 0 radical (unpaired) electrons. The van der Waals surface area contributed by atoms with Gasteiger partial charge in [-0.25, -0.2) is 0 Å². The predicted octanol–water partition coefficient (Wildman–Crippen LogP) is 1.11. The van der Waals surface area contributed by atoms with Gasteiger partial charge >= 0.3 is 0 Å². The molecule has 2 aliphatic heterocycles. The highest BCUT2D eigenvalue weighted by Gasteiger charge is 2.22. The average molecular weight is 249 g/mol. The van der Waals surface area contributed by atoms with Gasteiger partial charge in [0.2, 0.25) is 0 Å². The van der Waals surface area contributed by atoms with Crippen LogP contribution in [0.2, 0.25) is 0 Å². The molecular weight excluding hydrogens is 224 g/mol. The summed E-state index contributed by atoms with van der Waals surface area (Å²) in [4.78, 5) is 2.56. The van der Waals surface area contributed by atoms with Crippen LogP contribution >= 0.6 is 12.4 Å². The monoisotopic (exact) mass is 248 g/mol. The summed E-state index contributed by atoms with van der Waals surface area (Å²) in [6.45, 7) is 6.37. The Kier molecular flexibility index (Phi) is 6.66. The number of nitrogens with one attached hydrogen (secondary N) is 1. The molecule has 2 rings (SSSR count). The zero-order chi connectivity index (χ0) is 10.5. The zero-order valence-corrected chi connectivity index (χ0v) is 10.8. The molecule has 2 aliphatic rings. The Hall–Kier alpha value is 0.170. The fraction of sp³-hybridized carbons (Fsp3) is 1.00. The van der Waals surface area contributed by atoms with Crippen LogP contribution in [0.1, 0.15) is 25.7 Å². The van der Waals surface area contributed by atoms with Crippen molar-refractivity contribution in [3.8, 4) is 0 Å². The molecule has 0 aromatic rings. The summed E-state index contributed by atoms with van der Waals surface area (Å²) in [6, 6.07) is 0. The third-order valence-electron chi connectivity index (χ3n) is 3.78. The van der Waals surface area contributed by atoms with Crippen LogP contribution in [0.25, 0.3) is 0 Å². The van der Waals surface area contributed by atoms with Gasteiger partial charge in [0.15, 0.2) is 0 Å². The minimum absolute atomic E-state index is 0. The lowest BCUT2D eigenvalue weighted by atomic mass is 9.95. The van der Waals surface area contributed by atoms with Crippen molar-refractivity contribution < 1.29 is 5.11 Å². The number of halogens is 1. The molecule has 2 saturated heterocycles. The lowest BCUT2D eigenvalue weighted by Gasteiger charge is -2.35. The Morgan fingerprint density at radius 1 is 1.19 bits per heavy atom. The van der Waals surface area contributed by atoms with E-state index in [2.05, 4.69) is 10.2 Å². The van der Waals surface area contributed by atoms with Gasteiger partial charge in [0.05, 0.1) is 0 Å². The molecule has 0 saturated carbocycles. The van der Waals surface area contributed by atoms with Crippen LogP contribution in [0, 0.1) is 11.8 Å². The quantitative estimate of drug-likeness (QED) is 0.786. The van der Waals surface area contributed by atoms with Crippen molar-refractivity contribution in [3.05, 3.63) is 0 Å². The minimum Gasteiger partial charge on any atom is -0.396 e. The summed E-state index contributed by atoms with van der Waals surface area (Å²) in [5, 5.41) is 12.6. The van der Waals surface area contributed by atoms with Crippen LogP contribution in [0.3, 0.4) is 0 Å². The highest BCUT2D eigenvalue weighted by molar-refractivity contribution is 5.85. The molecule has 0 spiro atoms. The molecule has 0 amide bonds. The van der Waals surface area contributed by atoms with E-state index in [4.69, 9.17) is 0 Å². The Balaban J connectivity index is 0.00000128. The largest absolute Gasteiger partial charge is 0.396 e. The lowest BCUT2D eigenvalue weighted by molar-refractivity contribution is 0.103. The van der Waals surface area contributed by atoms with Crippen LogP contribution < -0.4 is 5.32 Å². The number of hydrogen-bond donors (Lipinski definition) is 2. The smallest absolute Gasteiger partial charge is 0.0471 e. The Labute approximate surface area is 105 Å². The van der Waals surface area contributed by atoms with Crippen LogP contribution in [-0.2, 0) is 0 Å². The molecule has 16 heavy (non-hydrogen) atoms. The number of aliphatic hydroxyl groups is 1. The van der Waals surface area contributed by atoms with Crippen molar-refractivity contribution in [1.82, 2.24) is 10.2 Å². The van der Waals surface area contributed by atoms with E-state index in [9.17, 15) is 5.11 Å². The SMILES string of the molecule is Cl.OCC1CCCN(CC2CCCNC2)C1. The molecule has 0 aliphatic carbocycles. The van der Waals surface area contributed by atoms with Crippen molar-refractivity contribution in [1.29, 1.82) is 0 Å². The van der Waals surface area contributed by atoms with E-state index in [1.54, 1.807) is 0 Å². The minimum atomic E-state index is 0. The van der Waals surface area contributed by atoms with Crippen LogP contribution in [0.4, 0.5) is 0 Å². The Bertz CT molecular complexity index is 186. The molecular formula is C12H25ClN2O. The summed E-state index contributed by atoms with van der Waals surface area (Å²) in [6.07, 6.45) is 5.20. The summed E-state index contributed by atoms with van der Waals surface area (Å²) in [5.41, 5.74) is 0. The molecule has 2 atom stereocenters. The van der Waals surface area contributed by atoms with E-state index in [0.717, 1.165) is 12.5 Å². The fourth-order valence-electron chi connectivity index (χ4n) is 2.91. The number of piperidine rings is 2. The van der Waals surface area contributed by atoms with E-state index in [1.807, 2.05) is 0 Å². The van der Waals surface area contributed by atoms with Gasteiger partial charge in [0.25, 0.3) is 0 Å². The van der Waals surface area contributed by atoms with Gasteiger partial charge in [0.1, 0.15) is 0 Å². The number of hydrogen-bond acceptors (Lipinski definition) is 3. The maximum atomic E-state index is 9.18. The van der Waals surface area contributed by atoms with E-state index in [0.29, 0.717) is 12.5 Å². The van der Waals surface area contributed by atoms with Crippen molar-refractivity contribution in [2.24, 2.45) is 11.8 Å². The summed E-state index contributed by atoms with van der Waals surface area (Å²) in [5.74, 6) is 1.38. The third kappa shape index (κ3) is 4.21. The zero-order valence-electron chi connectivity index (χ0n) is 10.0. The van der Waals surface area contributed by atoms with Crippen LogP contribution in [-0.4, -0.2) is 49.3 Å². The second-order valence-electron chi connectivity index (χ2n) is 5.16. The van der Waals surface area contributed by atoms with E-state index in [1.165, 1.54) is 51.9 Å². The van der Waals surface area contributed by atoms with Gasteiger partial charge in [-0.2, -0.15) is 0 Å². The predicted molar refractivity (Wildman–Crippen MR) is 69.1 cm³/mol. The van der Waals surface area contributed by atoms with Gasteiger partial charge in [-0.1, -0.05) is 0 Å². The van der Waals surface area contributed by atoms with E-state index < -0.39 is 0 Å². The summed E-state index contributed by atoms with van der Waals surface area (Å²) in [7, 11) is 0. The first kappa shape index (κ1) is 14.2. The topological polar surface area (TPSA) is 35.5 Å². The molecule has 2 N–H and O–H groups in total. The highest BCUT2D eigenvalue weighted by Crippen LogP contribution is 2.19. The maximum Gasteiger partial charge on any atom is 0.0471 e. The maximum absolute atomic E-state index is 9.18. The number of nitrogens with zero attached hydrogens (tertiary/aromatic N) is 1. The van der Waals surface area contributed by atoms with Crippen molar-refractivity contribution in [2.45, 2.75) is 25.7 Å². The van der Waals surface area contributed by atoms with Gasteiger partial charge in [-0.15, -0.1) is 12.4 Å². The second kappa shape index (κ2) is 7.49. The molecule has 0 aromatic heterocycles. The van der Waals surface area contributed by atoms with E-state index >= 15 is 0 Å². The van der Waals surface area contributed by atoms with Crippen molar-refractivity contribution in [3.63, 3.8) is 0 Å². The molecule has 0 aromatic carbocycles. The van der Waals surface area contributed by atoms with Gasteiger partial charge in [-0.3, -0.25) is 0 Å². The summed E-state index contributed by atoms with van der Waals surface area (Å²) < 4.78 is 0. The molecule has 2 heterocycles. The van der Waals surface area contributed by atoms with Crippen LogP contribution in [0.15, 0.2) is 0 Å². The first-order chi connectivity index (χ1) is 7.38. The normalized spacial score (nSPS) is 32.1. The third-order valence-corrected chi connectivity index (χ3v) is 3.78. The summed E-state index contributed by atoms with van der Waals surface area (Å²) >= 11 is 0. The number of aliphatic hydroxyl groups excluding tert-OH is 1. The average Bonchev–Trinajstić information content (AvgIpc) is 2.31. The molecule has 4 heteroatoms. The molecule has 3 nitrogen and oxygen atoms in total. The second-order valence-corrected chi connectivity index (χ2v) is 5.16. The van der Waals surface area contributed by atoms with Crippen molar-refractivity contribution in [2.75, 3.05) is 39.3 Å². The standard InChI is InChI=1S/C12H24N2O.ClH/c15-10-12-4-2-6-14(9-12)8-11-3-1-5-13-7-11;/h11-13,15H,1-10H2;1H. The fourth-order valence-corrected chi connectivity index (χ4v) is 2.91. The molecule has 0 bridgehead atoms. The molecule has 2 unspecified atom stereocenters. The number of rotatable bonds is 3. The first-order valence-corrected chi connectivity index (χ1v) is 6.42. The first-order valence-electron chi connectivity index (χ1n) is 6.42. The number of likely N-dealkylation sites (tertiary alicyclic amines) is 1. The Morgan fingerprint density at radius 2 is 2.00 bits per heavy atom. The van der Waals surface area contributed by atoms with Gasteiger partial charge < -0.3 is 15.3 Å². The van der Waals surface area contributed by atoms with E-state index in [-0.39, 0.29) is 12.4 Å². The van der Waals surface area contributed by atoms with Crippen molar-refractivity contribution >= 4 is 12.4 Å².